The van der Waals surface area contributed by atoms with Gasteiger partial charge in [-0.25, -0.2) is 18.4 Å². The highest BCUT2D eigenvalue weighted by Crippen LogP contribution is 2.36. The van der Waals surface area contributed by atoms with Crippen LogP contribution >= 0.6 is 34.5 Å². The van der Waals surface area contributed by atoms with Gasteiger partial charge in [0.05, 0.1) is 4.92 Å². The van der Waals surface area contributed by atoms with E-state index in [1.54, 1.807) is 0 Å². The fourth-order valence-electron chi connectivity index (χ4n) is 1.16. The second kappa shape index (κ2) is 5.48. The first kappa shape index (κ1) is 14.9. The van der Waals surface area contributed by atoms with Crippen molar-refractivity contribution in [2.75, 3.05) is 4.72 Å². The summed E-state index contributed by atoms with van der Waals surface area (Å²) in [4.78, 5) is 17.2. The van der Waals surface area contributed by atoms with Gasteiger partial charge in [-0.05, 0) is 0 Å². The van der Waals surface area contributed by atoms with Gasteiger partial charge in [-0.2, -0.15) is 0 Å². The molecular weight excluding hydrogens is 351 g/mol. The Kier molecular flexibility index (Phi) is 4.09. The summed E-state index contributed by atoms with van der Waals surface area (Å²) in [5.41, 5.74) is -0.484. The molecule has 2 rings (SSSR count). The van der Waals surface area contributed by atoms with Crippen molar-refractivity contribution in [2.24, 2.45) is 0 Å². The van der Waals surface area contributed by atoms with Crippen LogP contribution in [0.5, 0.6) is 0 Å². The number of nitrogens with one attached hydrogen (secondary N) is 1. The lowest BCUT2D eigenvalue weighted by molar-refractivity contribution is -0.384. The Balaban J connectivity index is 2.39. The average molecular weight is 355 g/mol. The van der Waals surface area contributed by atoms with Gasteiger partial charge in [0, 0.05) is 18.5 Å². The molecule has 2 heterocycles. The number of thiophene rings is 1. The Morgan fingerprint density at radius 3 is 2.50 bits per heavy atom. The van der Waals surface area contributed by atoms with E-state index in [4.69, 9.17) is 23.2 Å². The van der Waals surface area contributed by atoms with Crippen molar-refractivity contribution in [1.82, 2.24) is 9.97 Å². The summed E-state index contributed by atoms with van der Waals surface area (Å²) in [6.45, 7) is 0. The van der Waals surface area contributed by atoms with Crippen LogP contribution in [0.2, 0.25) is 9.49 Å². The first-order chi connectivity index (χ1) is 9.31. The zero-order chi connectivity index (χ0) is 14.9. The molecule has 0 aliphatic rings. The van der Waals surface area contributed by atoms with E-state index in [1.807, 2.05) is 0 Å². The number of anilines is 1. The van der Waals surface area contributed by atoms with E-state index in [0.29, 0.717) is 11.3 Å². The zero-order valence-corrected chi connectivity index (χ0v) is 12.4. The van der Waals surface area contributed by atoms with Crippen molar-refractivity contribution in [3.05, 3.63) is 38.1 Å². The molecule has 106 valence electrons. The van der Waals surface area contributed by atoms with Gasteiger partial charge in [-0.15, -0.1) is 11.3 Å². The van der Waals surface area contributed by atoms with Gasteiger partial charge in [-0.3, -0.25) is 14.8 Å². The monoisotopic (exact) mass is 354 g/mol. The third-order valence-corrected chi connectivity index (χ3v) is 5.42. The molecule has 20 heavy (non-hydrogen) atoms. The molecular formula is C8H4Cl2N4O4S2. The minimum Gasteiger partial charge on any atom is -0.260 e. The number of sulfonamides is 1. The van der Waals surface area contributed by atoms with E-state index in [1.165, 1.54) is 12.4 Å². The third kappa shape index (κ3) is 2.98. The topological polar surface area (TPSA) is 115 Å². The van der Waals surface area contributed by atoms with Crippen LogP contribution in [0, 0.1) is 10.1 Å². The second-order valence-corrected chi connectivity index (χ2v) is 7.20. The molecule has 0 radical (unpaired) electrons. The van der Waals surface area contributed by atoms with Crippen LogP contribution in [-0.4, -0.2) is 23.3 Å². The lowest BCUT2D eigenvalue weighted by atomic mass is 10.6. The van der Waals surface area contributed by atoms with Crippen LogP contribution in [0.3, 0.4) is 0 Å². The molecule has 0 amide bonds. The Labute approximate surface area is 126 Å². The maximum absolute atomic E-state index is 12.0. The van der Waals surface area contributed by atoms with Gasteiger partial charge in [0.25, 0.3) is 15.7 Å². The molecule has 0 aliphatic carbocycles. The smallest absolute Gasteiger partial charge is 0.260 e. The Morgan fingerprint density at radius 2 is 1.95 bits per heavy atom. The molecule has 0 atom stereocenters. The summed E-state index contributed by atoms with van der Waals surface area (Å²) >= 11 is 11.8. The number of hydrogen-bond acceptors (Lipinski definition) is 7. The number of aromatic nitrogens is 2. The van der Waals surface area contributed by atoms with E-state index >= 15 is 0 Å². The van der Waals surface area contributed by atoms with Crippen molar-refractivity contribution >= 4 is 56.1 Å². The minimum atomic E-state index is -4.08. The van der Waals surface area contributed by atoms with Crippen LogP contribution in [0.15, 0.2) is 22.7 Å². The van der Waals surface area contributed by atoms with Crippen LogP contribution in [0.4, 0.5) is 11.5 Å². The molecule has 8 nitrogen and oxygen atoms in total. The van der Waals surface area contributed by atoms with Gasteiger partial charge in [0.1, 0.15) is 4.21 Å². The SMILES string of the molecule is O=[N+]([O-])c1cc(S(=O)(=O)Nc2nccnc2Cl)sc1Cl. The van der Waals surface area contributed by atoms with E-state index in [0.717, 1.165) is 6.07 Å². The molecule has 0 unspecified atom stereocenters. The molecule has 0 saturated carbocycles. The molecule has 12 heteroatoms. The molecule has 0 fully saturated rings. The van der Waals surface area contributed by atoms with Gasteiger partial charge in [0.2, 0.25) is 0 Å². The van der Waals surface area contributed by atoms with Gasteiger partial charge in [0.15, 0.2) is 15.3 Å². The number of halogens is 2. The molecule has 2 aromatic heterocycles. The zero-order valence-electron chi connectivity index (χ0n) is 9.28. The lowest BCUT2D eigenvalue weighted by Gasteiger charge is -2.05. The molecule has 0 bridgehead atoms. The molecule has 1 N–H and O–H groups in total. The minimum absolute atomic E-state index is 0.145. The number of nitrogens with zero attached hydrogens (tertiary/aromatic N) is 3. The van der Waals surface area contributed by atoms with Crippen LogP contribution < -0.4 is 4.72 Å². The summed E-state index contributed by atoms with van der Waals surface area (Å²) < 4.78 is 25.6. The highest BCUT2D eigenvalue weighted by molar-refractivity contribution is 7.94. The van der Waals surface area contributed by atoms with Crippen molar-refractivity contribution < 1.29 is 13.3 Å². The second-order valence-electron chi connectivity index (χ2n) is 3.28. The normalized spacial score (nSPS) is 11.3. The highest BCUT2D eigenvalue weighted by atomic mass is 35.5. The van der Waals surface area contributed by atoms with Crippen LogP contribution in [-0.2, 0) is 10.0 Å². The quantitative estimate of drug-likeness (QED) is 0.666. The maximum Gasteiger partial charge on any atom is 0.300 e. The number of nitro groups is 1. The van der Waals surface area contributed by atoms with Crippen molar-refractivity contribution in [3.63, 3.8) is 0 Å². The Hall–Kier alpha value is -1.49. The standard InChI is InChI=1S/C8H4Cl2N4O4S2/c9-6-8(12-2-1-11-6)13-20(17,18)5-3-4(14(15)16)7(10)19-5/h1-3H,(H,12,13). The fraction of sp³-hybridized carbons (Fsp3) is 0. The van der Waals surface area contributed by atoms with E-state index in [9.17, 15) is 18.5 Å². The Bertz CT molecular complexity index is 777. The largest absolute Gasteiger partial charge is 0.300 e. The van der Waals surface area contributed by atoms with Gasteiger partial charge >= 0.3 is 0 Å². The van der Waals surface area contributed by atoms with Crippen molar-refractivity contribution in [2.45, 2.75) is 4.21 Å². The average Bonchev–Trinajstić information content (AvgIpc) is 2.75. The number of rotatable bonds is 4. The lowest BCUT2D eigenvalue weighted by Crippen LogP contribution is -2.13. The summed E-state index contributed by atoms with van der Waals surface area (Å²) in [5, 5.41) is 10.5. The van der Waals surface area contributed by atoms with Crippen LogP contribution in [0.1, 0.15) is 0 Å². The highest BCUT2D eigenvalue weighted by Gasteiger charge is 2.26. The van der Waals surface area contributed by atoms with E-state index in [2.05, 4.69) is 14.7 Å². The van der Waals surface area contributed by atoms with Gasteiger partial charge < -0.3 is 0 Å². The maximum atomic E-state index is 12.0. The van der Waals surface area contributed by atoms with Gasteiger partial charge in [-0.1, -0.05) is 23.2 Å². The summed E-state index contributed by atoms with van der Waals surface area (Å²) in [5.74, 6) is -0.179. The molecule has 0 saturated heterocycles. The fourth-order valence-corrected chi connectivity index (χ4v) is 4.05. The Morgan fingerprint density at radius 1 is 1.30 bits per heavy atom. The molecule has 0 spiro atoms. The molecule has 2 aromatic rings. The van der Waals surface area contributed by atoms with Crippen molar-refractivity contribution in [1.29, 1.82) is 0 Å². The third-order valence-electron chi connectivity index (χ3n) is 1.99. The van der Waals surface area contributed by atoms with Crippen molar-refractivity contribution in [3.8, 4) is 0 Å². The first-order valence-corrected chi connectivity index (χ1v) is 7.80. The van der Waals surface area contributed by atoms with E-state index in [-0.39, 0.29) is 19.5 Å². The molecule has 0 aromatic carbocycles. The summed E-state index contributed by atoms with van der Waals surface area (Å²) in [7, 11) is -4.08. The summed E-state index contributed by atoms with van der Waals surface area (Å²) in [6, 6.07) is 0.861. The number of hydrogen-bond donors (Lipinski definition) is 1. The molecule has 0 aliphatic heterocycles. The summed E-state index contributed by atoms with van der Waals surface area (Å²) in [6.07, 6.45) is 2.53. The predicted molar refractivity (Wildman–Crippen MR) is 73.8 cm³/mol. The van der Waals surface area contributed by atoms with Crippen LogP contribution in [0.25, 0.3) is 0 Å². The van der Waals surface area contributed by atoms with E-state index < -0.39 is 20.6 Å². The first-order valence-electron chi connectivity index (χ1n) is 4.74. The predicted octanol–water partition coefficient (Wildman–Crippen LogP) is 2.55.